The molecule has 0 radical (unpaired) electrons. The number of hydrogen-bond donors (Lipinski definition) is 0. The number of isocyanates is 1. The van der Waals surface area contributed by atoms with Crippen LogP contribution in [-0.4, -0.2) is 16.0 Å². The van der Waals surface area contributed by atoms with Crippen molar-refractivity contribution in [2.24, 2.45) is 5.10 Å². The first kappa shape index (κ1) is 4.74. The van der Waals surface area contributed by atoms with Crippen LogP contribution >= 0.6 is 0 Å². The van der Waals surface area contributed by atoms with Gasteiger partial charge in [0.05, 0.1) is 12.4 Å². The molecule has 1 aromatic rings. The first-order valence-corrected chi connectivity index (χ1v) is 2.01. The number of rotatable bonds is 1. The van der Waals surface area contributed by atoms with Crippen molar-refractivity contribution in [2.75, 3.05) is 0 Å². The Morgan fingerprint density at radius 1 is 1.75 bits per heavy atom. The highest BCUT2D eigenvalue weighted by atomic mass is 16.1. The molecule has 4 heteroatoms. The molecule has 4 nitrogen and oxygen atoms in total. The molecule has 0 spiro atoms. The number of hydrogen-bond acceptors (Lipinski definition) is 3. The standard InChI is InChI=1S/C4H3N3O/c8-4-6-7-3-1-2-5-7/h1-3H. The average molecular weight is 109 g/mol. The molecule has 0 fully saturated rings. The topological polar surface area (TPSA) is 47.2 Å². The third kappa shape index (κ3) is 0.802. The number of carbonyl (C=O) groups excluding carboxylic acids is 1. The molecular formula is C4H3N3O. The second-order valence-electron chi connectivity index (χ2n) is 1.12. The Kier molecular flexibility index (Phi) is 1.21. The second kappa shape index (κ2) is 2.04. The van der Waals surface area contributed by atoms with Gasteiger partial charge in [-0.25, -0.2) is 4.79 Å². The monoisotopic (exact) mass is 109 g/mol. The van der Waals surface area contributed by atoms with Crippen molar-refractivity contribution in [3.63, 3.8) is 0 Å². The summed E-state index contributed by atoms with van der Waals surface area (Å²) >= 11 is 0. The van der Waals surface area contributed by atoms with Crippen LogP contribution in [0.1, 0.15) is 0 Å². The Morgan fingerprint density at radius 3 is 3.12 bits per heavy atom. The molecule has 0 atom stereocenters. The molecule has 0 saturated heterocycles. The van der Waals surface area contributed by atoms with Crippen molar-refractivity contribution in [3.05, 3.63) is 18.5 Å². The van der Waals surface area contributed by atoms with Gasteiger partial charge in [0.25, 0.3) is 6.08 Å². The van der Waals surface area contributed by atoms with E-state index in [0.29, 0.717) is 0 Å². The summed E-state index contributed by atoms with van der Waals surface area (Å²) in [6.07, 6.45) is 4.42. The molecule has 8 heavy (non-hydrogen) atoms. The Labute approximate surface area is 45.4 Å². The van der Waals surface area contributed by atoms with Crippen LogP contribution in [0.3, 0.4) is 0 Å². The smallest absolute Gasteiger partial charge is 0.209 e. The maximum absolute atomic E-state index is 9.52. The third-order valence-corrected chi connectivity index (χ3v) is 0.634. The van der Waals surface area contributed by atoms with Crippen LogP contribution in [0, 0.1) is 0 Å². The highest BCUT2D eigenvalue weighted by Gasteiger charge is 1.77. The highest BCUT2D eigenvalue weighted by Crippen LogP contribution is 1.78. The molecule has 0 aliphatic heterocycles. The summed E-state index contributed by atoms with van der Waals surface area (Å²) in [5.74, 6) is 0. The zero-order valence-corrected chi connectivity index (χ0v) is 3.98. The van der Waals surface area contributed by atoms with Gasteiger partial charge in [0.1, 0.15) is 0 Å². The molecule has 0 saturated carbocycles. The predicted molar refractivity (Wildman–Crippen MR) is 25.7 cm³/mol. The van der Waals surface area contributed by atoms with Crippen molar-refractivity contribution in [1.82, 2.24) is 9.89 Å². The Hall–Kier alpha value is -1.41. The summed E-state index contributed by atoms with van der Waals surface area (Å²) in [5.41, 5.74) is 0. The van der Waals surface area contributed by atoms with Crippen LogP contribution in [0.15, 0.2) is 23.6 Å². The SMILES string of the molecule is O=C=Nn1cccn1. The van der Waals surface area contributed by atoms with Gasteiger partial charge in [0.2, 0.25) is 0 Å². The minimum absolute atomic E-state index is 1.13. The fourth-order valence-electron chi connectivity index (χ4n) is 0.362. The average Bonchev–Trinajstić information content (AvgIpc) is 2.19. The van der Waals surface area contributed by atoms with E-state index in [1.54, 1.807) is 12.3 Å². The van der Waals surface area contributed by atoms with Crippen LogP contribution in [0.25, 0.3) is 0 Å². The van der Waals surface area contributed by atoms with Crippen LogP contribution in [0.2, 0.25) is 0 Å². The van der Waals surface area contributed by atoms with Crippen molar-refractivity contribution in [1.29, 1.82) is 0 Å². The summed E-state index contributed by atoms with van der Waals surface area (Å²) in [6, 6.07) is 1.67. The molecule has 40 valence electrons. The summed E-state index contributed by atoms with van der Waals surface area (Å²) in [5, 5.41) is 6.76. The predicted octanol–water partition coefficient (Wildman–Crippen LogP) is -0.0180. The van der Waals surface area contributed by atoms with E-state index in [-0.39, 0.29) is 0 Å². The zero-order valence-electron chi connectivity index (χ0n) is 3.98. The normalized spacial score (nSPS) is 8.00. The van der Waals surface area contributed by atoms with Crippen LogP contribution in [0.4, 0.5) is 0 Å². The second-order valence-corrected chi connectivity index (χ2v) is 1.12. The van der Waals surface area contributed by atoms with Gasteiger partial charge in [0.15, 0.2) is 0 Å². The lowest BCUT2D eigenvalue weighted by Crippen LogP contribution is -1.84. The Bertz CT molecular complexity index is 197. The van der Waals surface area contributed by atoms with Gasteiger partial charge in [0, 0.05) is 0 Å². The van der Waals surface area contributed by atoms with Crippen LogP contribution in [-0.2, 0) is 4.79 Å². The molecule has 1 rings (SSSR count). The van der Waals surface area contributed by atoms with Crippen LogP contribution < -0.4 is 0 Å². The maximum atomic E-state index is 9.52. The van der Waals surface area contributed by atoms with Crippen molar-refractivity contribution < 1.29 is 4.79 Å². The van der Waals surface area contributed by atoms with Gasteiger partial charge in [-0.1, -0.05) is 5.10 Å². The molecule has 1 heterocycles. The van der Waals surface area contributed by atoms with Gasteiger partial charge in [-0.2, -0.15) is 5.10 Å². The highest BCUT2D eigenvalue weighted by molar-refractivity contribution is 5.32. The fraction of sp³-hybridized carbons (Fsp3) is 0. The van der Waals surface area contributed by atoms with E-state index in [1.165, 1.54) is 12.3 Å². The molecular weight excluding hydrogens is 106 g/mol. The summed E-state index contributed by atoms with van der Waals surface area (Å²) in [6.45, 7) is 0. The van der Waals surface area contributed by atoms with E-state index in [0.717, 1.165) is 4.79 Å². The fourth-order valence-corrected chi connectivity index (χ4v) is 0.362. The summed E-state index contributed by atoms with van der Waals surface area (Å²) in [4.78, 5) is 10.7. The molecule has 0 bridgehead atoms. The molecule has 1 aromatic heterocycles. The Balaban J connectivity index is 2.93. The first-order chi connectivity index (χ1) is 3.93. The molecule has 0 amide bonds. The lowest BCUT2D eigenvalue weighted by molar-refractivity contribution is 0.556. The van der Waals surface area contributed by atoms with E-state index in [9.17, 15) is 4.79 Å². The van der Waals surface area contributed by atoms with Gasteiger partial charge in [-0.3, -0.25) is 0 Å². The third-order valence-electron chi connectivity index (χ3n) is 0.634. The van der Waals surface area contributed by atoms with Gasteiger partial charge in [-0.05, 0) is 6.07 Å². The largest absolute Gasteiger partial charge is 0.260 e. The summed E-state index contributed by atoms with van der Waals surface area (Å²) < 4.78 is 0. The number of nitrogens with zero attached hydrogens (tertiary/aromatic N) is 3. The van der Waals surface area contributed by atoms with Gasteiger partial charge < -0.3 is 0 Å². The van der Waals surface area contributed by atoms with Crippen molar-refractivity contribution in [2.45, 2.75) is 0 Å². The van der Waals surface area contributed by atoms with Gasteiger partial charge >= 0.3 is 0 Å². The minimum Gasteiger partial charge on any atom is -0.209 e. The van der Waals surface area contributed by atoms with E-state index >= 15 is 0 Å². The summed E-state index contributed by atoms with van der Waals surface area (Å²) in [7, 11) is 0. The van der Waals surface area contributed by atoms with Crippen molar-refractivity contribution >= 4 is 6.08 Å². The van der Waals surface area contributed by atoms with E-state index < -0.39 is 0 Å². The molecule has 0 aliphatic rings. The van der Waals surface area contributed by atoms with Gasteiger partial charge in [-0.15, -0.1) is 4.79 Å². The molecule has 0 N–H and O–H groups in total. The quantitative estimate of drug-likeness (QED) is 0.376. The van der Waals surface area contributed by atoms with E-state index in [1.807, 2.05) is 0 Å². The lowest BCUT2D eigenvalue weighted by Gasteiger charge is -1.77. The maximum Gasteiger partial charge on any atom is 0.260 e. The minimum atomic E-state index is 1.13. The lowest BCUT2D eigenvalue weighted by atomic mass is 10.8. The Morgan fingerprint density at radius 2 is 2.62 bits per heavy atom. The molecule has 0 unspecified atom stereocenters. The first-order valence-electron chi connectivity index (χ1n) is 2.01. The van der Waals surface area contributed by atoms with Crippen LogP contribution in [0.5, 0.6) is 0 Å². The zero-order chi connectivity index (χ0) is 5.82. The van der Waals surface area contributed by atoms with E-state index in [4.69, 9.17) is 0 Å². The molecule has 0 aliphatic carbocycles. The molecule has 0 aromatic carbocycles. The number of aromatic nitrogens is 2. The van der Waals surface area contributed by atoms with Crippen molar-refractivity contribution in [3.8, 4) is 0 Å². The van der Waals surface area contributed by atoms with E-state index in [2.05, 4.69) is 10.2 Å².